The zero-order chi connectivity index (χ0) is 14.1. The summed E-state index contributed by atoms with van der Waals surface area (Å²) in [6.45, 7) is 1.81. The number of aromatic hydroxyl groups is 1. The molecule has 1 aromatic carbocycles. The molecule has 1 heterocycles. The number of hydrogen-bond acceptors (Lipinski definition) is 3. The van der Waals surface area contributed by atoms with Gasteiger partial charge in [0.25, 0.3) is 5.91 Å². The molecule has 20 heavy (non-hydrogen) atoms. The minimum Gasteiger partial charge on any atom is -0.506 e. The predicted octanol–water partition coefficient (Wildman–Crippen LogP) is 2.40. The lowest BCUT2D eigenvalue weighted by molar-refractivity contribution is 0.0728. The van der Waals surface area contributed by atoms with Crippen LogP contribution >= 0.6 is 11.6 Å². The summed E-state index contributed by atoms with van der Waals surface area (Å²) in [6.07, 6.45) is 4.49. The van der Waals surface area contributed by atoms with Crippen LogP contribution in [-0.4, -0.2) is 41.1 Å². The molecule has 0 aromatic heterocycles. The number of amides is 1. The average Bonchev–Trinajstić information content (AvgIpc) is 3.15. The number of hydrogen-bond donors (Lipinski definition) is 2. The fourth-order valence-electron chi connectivity index (χ4n) is 2.74. The molecule has 3 rings (SSSR count). The number of nitrogens with zero attached hydrogens (tertiary/aromatic N) is 1. The number of rotatable bonds is 4. The van der Waals surface area contributed by atoms with Crippen molar-refractivity contribution in [3.05, 3.63) is 28.8 Å². The van der Waals surface area contributed by atoms with Crippen molar-refractivity contribution in [3.8, 4) is 5.75 Å². The predicted molar refractivity (Wildman–Crippen MR) is 78.2 cm³/mol. The van der Waals surface area contributed by atoms with E-state index in [-0.39, 0.29) is 16.7 Å². The third-order valence-electron chi connectivity index (χ3n) is 4.02. The molecule has 0 spiro atoms. The molecule has 1 amide bonds. The summed E-state index contributed by atoms with van der Waals surface area (Å²) < 4.78 is 0. The first-order valence-electron chi connectivity index (χ1n) is 7.18. The van der Waals surface area contributed by atoms with E-state index in [4.69, 9.17) is 11.6 Å². The molecular formula is C15H19ClN2O2. The van der Waals surface area contributed by atoms with Gasteiger partial charge in [-0.05, 0) is 50.4 Å². The maximum absolute atomic E-state index is 12.6. The minimum atomic E-state index is 0.0126. The van der Waals surface area contributed by atoms with Crippen molar-refractivity contribution in [2.24, 2.45) is 0 Å². The molecule has 1 aliphatic heterocycles. The highest BCUT2D eigenvalue weighted by Crippen LogP contribution is 2.30. The first-order chi connectivity index (χ1) is 9.65. The molecule has 1 saturated heterocycles. The fraction of sp³-hybridized carbons (Fsp3) is 0.533. The second kappa shape index (κ2) is 5.62. The maximum atomic E-state index is 12.6. The molecule has 2 aliphatic rings. The van der Waals surface area contributed by atoms with Crippen molar-refractivity contribution >= 4 is 17.5 Å². The molecular weight excluding hydrogens is 276 g/mol. The topological polar surface area (TPSA) is 52.6 Å². The number of carbonyl (C=O) groups is 1. The molecule has 1 atom stereocenters. The Labute approximate surface area is 123 Å². The zero-order valence-corrected chi connectivity index (χ0v) is 12.1. The van der Waals surface area contributed by atoms with E-state index < -0.39 is 0 Å². The summed E-state index contributed by atoms with van der Waals surface area (Å²) in [5.74, 6) is 0.0294. The van der Waals surface area contributed by atoms with E-state index in [0.29, 0.717) is 17.6 Å². The first-order valence-corrected chi connectivity index (χ1v) is 7.56. The highest BCUT2D eigenvalue weighted by molar-refractivity contribution is 6.32. The number of benzene rings is 1. The molecule has 2 N–H and O–H groups in total. The van der Waals surface area contributed by atoms with Crippen LogP contribution in [0.4, 0.5) is 0 Å². The molecule has 0 bridgehead atoms. The quantitative estimate of drug-likeness (QED) is 0.896. The van der Waals surface area contributed by atoms with Gasteiger partial charge in [-0.25, -0.2) is 0 Å². The highest BCUT2D eigenvalue weighted by Gasteiger charge is 2.35. The largest absolute Gasteiger partial charge is 0.506 e. The van der Waals surface area contributed by atoms with E-state index in [2.05, 4.69) is 5.32 Å². The van der Waals surface area contributed by atoms with E-state index in [0.717, 1.165) is 32.4 Å². The lowest BCUT2D eigenvalue weighted by Gasteiger charge is -2.26. The van der Waals surface area contributed by atoms with Gasteiger partial charge in [0.05, 0.1) is 5.02 Å². The molecule has 4 nitrogen and oxygen atoms in total. The summed E-state index contributed by atoms with van der Waals surface area (Å²) in [5.41, 5.74) is 0.553. The molecule has 1 aliphatic carbocycles. The van der Waals surface area contributed by atoms with Gasteiger partial charge >= 0.3 is 0 Å². The van der Waals surface area contributed by atoms with Gasteiger partial charge in [-0.3, -0.25) is 4.79 Å². The molecule has 1 saturated carbocycles. The SMILES string of the molecule is O=C(c1ccc(O)c(Cl)c1)N(CC1CCCN1)C1CC1. The van der Waals surface area contributed by atoms with Crippen molar-refractivity contribution in [2.75, 3.05) is 13.1 Å². The Bertz CT molecular complexity index is 511. The number of carbonyl (C=O) groups excluding carboxylic acids is 1. The van der Waals surface area contributed by atoms with Crippen molar-refractivity contribution in [2.45, 2.75) is 37.8 Å². The van der Waals surface area contributed by atoms with Crippen molar-refractivity contribution in [3.63, 3.8) is 0 Å². The van der Waals surface area contributed by atoms with Gasteiger partial charge < -0.3 is 15.3 Å². The number of nitrogens with one attached hydrogen (secondary N) is 1. The molecule has 0 radical (unpaired) electrons. The van der Waals surface area contributed by atoms with Crippen LogP contribution < -0.4 is 5.32 Å². The Morgan fingerprint density at radius 2 is 2.20 bits per heavy atom. The smallest absolute Gasteiger partial charge is 0.254 e. The first kappa shape index (κ1) is 13.7. The number of phenolic OH excluding ortho intramolecular Hbond substituents is 1. The van der Waals surface area contributed by atoms with Crippen LogP contribution in [-0.2, 0) is 0 Å². The maximum Gasteiger partial charge on any atom is 0.254 e. The standard InChI is InChI=1S/C15H19ClN2O2/c16-13-8-10(3-6-14(13)19)15(20)18(12-4-5-12)9-11-2-1-7-17-11/h3,6,8,11-12,17,19H,1-2,4-5,7,9H2. The van der Waals surface area contributed by atoms with Gasteiger partial charge in [-0.1, -0.05) is 11.6 Å². The second-order valence-corrected chi connectivity index (χ2v) is 6.06. The van der Waals surface area contributed by atoms with E-state index in [1.807, 2.05) is 4.90 Å². The Balaban J connectivity index is 1.75. The van der Waals surface area contributed by atoms with E-state index >= 15 is 0 Å². The highest BCUT2D eigenvalue weighted by atomic mass is 35.5. The van der Waals surface area contributed by atoms with Gasteiger partial charge in [-0.2, -0.15) is 0 Å². The Hall–Kier alpha value is -1.26. The lowest BCUT2D eigenvalue weighted by atomic mass is 10.1. The monoisotopic (exact) mass is 294 g/mol. The summed E-state index contributed by atoms with van der Waals surface area (Å²) in [6, 6.07) is 5.45. The number of halogens is 1. The molecule has 108 valence electrons. The van der Waals surface area contributed by atoms with Crippen molar-refractivity contribution < 1.29 is 9.90 Å². The van der Waals surface area contributed by atoms with Crippen LogP contribution in [0.3, 0.4) is 0 Å². The normalized spacial score (nSPS) is 21.9. The Morgan fingerprint density at radius 1 is 1.40 bits per heavy atom. The van der Waals surface area contributed by atoms with E-state index in [9.17, 15) is 9.90 Å². The summed E-state index contributed by atoms with van der Waals surface area (Å²) in [5, 5.41) is 13.1. The van der Waals surface area contributed by atoms with Gasteiger partial charge in [0.1, 0.15) is 5.75 Å². The van der Waals surface area contributed by atoms with Gasteiger partial charge in [-0.15, -0.1) is 0 Å². The fourth-order valence-corrected chi connectivity index (χ4v) is 2.92. The van der Waals surface area contributed by atoms with Crippen LogP contribution in [0.25, 0.3) is 0 Å². The van der Waals surface area contributed by atoms with Gasteiger partial charge in [0, 0.05) is 24.2 Å². The van der Waals surface area contributed by atoms with Crippen LogP contribution in [0.5, 0.6) is 5.75 Å². The molecule has 2 fully saturated rings. The summed E-state index contributed by atoms with van der Waals surface area (Å²) in [4.78, 5) is 14.6. The molecule has 5 heteroatoms. The van der Waals surface area contributed by atoms with Gasteiger partial charge in [0.15, 0.2) is 0 Å². The Kier molecular flexibility index (Phi) is 3.85. The van der Waals surface area contributed by atoms with Crippen LogP contribution in [0.1, 0.15) is 36.0 Å². The van der Waals surface area contributed by atoms with Crippen LogP contribution in [0.2, 0.25) is 5.02 Å². The second-order valence-electron chi connectivity index (χ2n) is 5.65. The van der Waals surface area contributed by atoms with Gasteiger partial charge in [0.2, 0.25) is 0 Å². The van der Waals surface area contributed by atoms with Crippen LogP contribution in [0, 0.1) is 0 Å². The van der Waals surface area contributed by atoms with E-state index in [1.54, 1.807) is 12.1 Å². The number of phenols is 1. The summed E-state index contributed by atoms with van der Waals surface area (Å²) in [7, 11) is 0. The van der Waals surface area contributed by atoms with Crippen molar-refractivity contribution in [1.82, 2.24) is 10.2 Å². The molecule has 1 aromatic rings. The average molecular weight is 295 g/mol. The third kappa shape index (κ3) is 2.91. The summed E-state index contributed by atoms with van der Waals surface area (Å²) >= 11 is 5.90. The van der Waals surface area contributed by atoms with Crippen molar-refractivity contribution in [1.29, 1.82) is 0 Å². The molecule has 1 unspecified atom stereocenters. The van der Waals surface area contributed by atoms with E-state index in [1.165, 1.54) is 12.5 Å². The third-order valence-corrected chi connectivity index (χ3v) is 4.33. The lowest BCUT2D eigenvalue weighted by Crippen LogP contribution is -2.42. The Morgan fingerprint density at radius 3 is 2.80 bits per heavy atom. The minimum absolute atomic E-state index is 0.0126. The van der Waals surface area contributed by atoms with Crippen LogP contribution in [0.15, 0.2) is 18.2 Å². The zero-order valence-electron chi connectivity index (χ0n) is 11.3.